The quantitative estimate of drug-likeness (QED) is 0.213. The summed E-state index contributed by atoms with van der Waals surface area (Å²) in [5.74, 6) is -0.673. The second-order valence-corrected chi connectivity index (χ2v) is 10.7. The molecular formula is C42H33N3. The highest BCUT2D eigenvalue weighted by Gasteiger charge is 2.31. The number of nitriles is 3. The summed E-state index contributed by atoms with van der Waals surface area (Å²) in [4.78, 5) is 0. The van der Waals surface area contributed by atoms with Crippen LogP contribution in [0.15, 0.2) is 139 Å². The summed E-state index contributed by atoms with van der Waals surface area (Å²) in [6.45, 7) is 10.5. The lowest BCUT2D eigenvalue weighted by atomic mass is 9.73. The molecule has 2 unspecified atom stereocenters. The zero-order valence-corrected chi connectivity index (χ0v) is 25.8. The fourth-order valence-electron chi connectivity index (χ4n) is 6.33. The zero-order chi connectivity index (χ0) is 31.9. The Morgan fingerprint density at radius 2 is 1.20 bits per heavy atom. The molecule has 0 heterocycles. The number of fused-ring (bicyclic) bond motifs is 2. The molecule has 0 amide bonds. The number of hydrogen-bond acceptors (Lipinski definition) is 3. The second-order valence-electron chi connectivity index (χ2n) is 10.7. The van der Waals surface area contributed by atoms with Crippen LogP contribution >= 0.6 is 0 Å². The van der Waals surface area contributed by atoms with Crippen molar-refractivity contribution < 1.29 is 0 Å². The van der Waals surface area contributed by atoms with Crippen molar-refractivity contribution in [2.45, 2.75) is 32.6 Å². The molecule has 5 aromatic rings. The highest BCUT2D eigenvalue weighted by atomic mass is 14.4. The third-order valence-electron chi connectivity index (χ3n) is 8.32. The summed E-state index contributed by atoms with van der Waals surface area (Å²) in [5.41, 5.74) is 8.82. The average Bonchev–Trinajstić information content (AvgIpc) is 3.15. The van der Waals surface area contributed by atoms with Gasteiger partial charge in [-0.15, -0.1) is 0 Å². The Labute approximate surface area is 266 Å². The first-order valence-corrected chi connectivity index (χ1v) is 15.2. The Balaban J connectivity index is 0.00000196. The molecule has 6 rings (SSSR count). The summed E-state index contributed by atoms with van der Waals surface area (Å²) in [6.07, 6.45) is 5.74. The standard InChI is InChI=1S/C40H27N3.C2H6/c1-26-11-10-15-29(23-41)27(2)39(33-16-7-6-14-30(33)24-42)40-31(25-43)19-20-37(38(26)40)36-22-21-32(28-12-4-3-5-13-28)34-17-8-9-18-35(34)36;1-2/h3-22,26,39H,2H2,1H3;1-2H3/b11-10-,29-15-;. The van der Waals surface area contributed by atoms with Crippen molar-refractivity contribution in [1.29, 1.82) is 15.8 Å². The van der Waals surface area contributed by atoms with E-state index < -0.39 is 5.92 Å². The van der Waals surface area contributed by atoms with Crippen molar-refractivity contribution >= 4 is 10.8 Å². The van der Waals surface area contributed by atoms with E-state index in [-0.39, 0.29) is 5.92 Å². The Morgan fingerprint density at radius 1 is 0.600 bits per heavy atom. The number of allylic oxidation sites excluding steroid dienone is 5. The molecule has 0 spiro atoms. The van der Waals surface area contributed by atoms with E-state index in [0.717, 1.165) is 49.7 Å². The van der Waals surface area contributed by atoms with Crippen LogP contribution < -0.4 is 0 Å². The number of hydrogen-bond donors (Lipinski definition) is 0. The van der Waals surface area contributed by atoms with E-state index in [0.29, 0.717) is 22.3 Å². The molecule has 3 heteroatoms. The highest BCUT2D eigenvalue weighted by Crippen LogP contribution is 2.47. The first-order valence-electron chi connectivity index (χ1n) is 15.2. The van der Waals surface area contributed by atoms with Gasteiger partial charge in [-0.05, 0) is 73.5 Å². The van der Waals surface area contributed by atoms with Crippen molar-refractivity contribution in [3.63, 3.8) is 0 Å². The molecule has 2 atom stereocenters. The van der Waals surface area contributed by atoms with E-state index in [4.69, 9.17) is 0 Å². The van der Waals surface area contributed by atoms with Gasteiger partial charge in [0.25, 0.3) is 0 Å². The molecule has 0 aliphatic heterocycles. The molecule has 1 aliphatic carbocycles. The normalized spacial score (nSPS) is 17.3. The van der Waals surface area contributed by atoms with Gasteiger partial charge in [0.15, 0.2) is 0 Å². The largest absolute Gasteiger partial charge is 0.192 e. The van der Waals surface area contributed by atoms with Gasteiger partial charge >= 0.3 is 0 Å². The van der Waals surface area contributed by atoms with Crippen LogP contribution in [0.1, 0.15) is 60.4 Å². The van der Waals surface area contributed by atoms with E-state index in [9.17, 15) is 15.8 Å². The molecule has 0 bridgehead atoms. The zero-order valence-electron chi connectivity index (χ0n) is 25.8. The Bertz CT molecular complexity index is 2090. The van der Waals surface area contributed by atoms with Gasteiger partial charge in [-0.1, -0.05) is 130 Å². The summed E-state index contributed by atoms with van der Waals surface area (Å²) in [6, 6.07) is 41.5. The molecule has 0 saturated carbocycles. The summed E-state index contributed by atoms with van der Waals surface area (Å²) in [5, 5.41) is 32.9. The van der Waals surface area contributed by atoms with E-state index in [1.54, 1.807) is 12.1 Å². The fourth-order valence-corrected chi connectivity index (χ4v) is 6.33. The van der Waals surface area contributed by atoms with Gasteiger partial charge < -0.3 is 0 Å². The van der Waals surface area contributed by atoms with E-state index in [1.165, 1.54) is 0 Å². The summed E-state index contributed by atoms with van der Waals surface area (Å²) >= 11 is 0. The first-order chi connectivity index (χ1) is 22.1. The maximum atomic E-state index is 10.5. The topological polar surface area (TPSA) is 71.4 Å². The van der Waals surface area contributed by atoms with Crippen LogP contribution in [0.3, 0.4) is 0 Å². The van der Waals surface area contributed by atoms with Crippen LogP contribution in [-0.4, -0.2) is 0 Å². The highest BCUT2D eigenvalue weighted by molar-refractivity contribution is 6.05. The predicted octanol–water partition coefficient (Wildman–Crippen LogP) is 10.8. The predicted molar refractivity (Wildman–Crippen MR) is 184 cm³/mol. The molecule has 0 aromatic heterocycles. The minimum Gasteiger partial charge on any atom is -0.192 e. The number of benzene rings is 5. The van der Waals surface area contributed by atoms with Crippen LogP contribution in [-0.2, 0) is 0 Å². The molecule has 0 N–H and O–H groups in total. The molecule has 216 valence electrons. The molecule has 5 aromatic carbocycles. The molecule has 0 radical (unpaired) electrons. The van der Waals surface area contributed by atoms with Gasteiger partial charge in [-0.2, -0.15) is 15.8 Å². The smallest absolute Gasteiger partial charge is 0.0994 e. The number of nitrogens with zero attached hydrogens (tertiary/aromatic N) is 3. The lowest BCUT2D eigenvalue weighted by Gasteiger charge is -2.28. The molecule has 45 heavy (non-hydrogen) atoms. The van der Waals surface area contributed by atoms with Crippen LogP contribution in [0, 0.1) is 34.0 Å². The van der Waals surface area contributed by atoms with Crippen molar-refractivity contribution in [3.8, 4) is 40.5 Å². The van der Waals surface area contributed by atoms with Gasteiger partial charge in [0.2, 0.25) is 0 Å². The van der Waals surface area contributed by atoms with Gasteiger partial charge in [-0.3, -0.25) is 0 Å². The Hall–Kier alpha value is -5.95. The molecule has 0 saturated heterocycles. The van der Waals surface area contributed by atoms with Crippen LogP contribution in [0.2, 0.25) is 0 Å². The summed E-state index contributed by atoms with van der Waals surface area (Å²) in [7, 11) is 0. The van der Waals surface area contributed by atoms with Crippen molar-refractivity contribution in [3.05, 3.63) is 167 Å². The van der Waals surface area contributed by atoms with Gasteiger partial charge in [-0.25, -0.2) is 0 Å². The van der Waals surface area contributed by atoms with E-state index >= 15 is 0 Å². The van der Waals surface area contributed by atoms with Crippen molar-refractivity contribution in [2.24, 2.45) is 0 Å². The van der Waals surface area contributed by atoms with E-state index in [1.807, 2.05) is 68.5 Å². The Kier molecular flexibility index (Phi) is 9.20. The maximum Gasteiger partial charge on any atom is 0.0994 e. The number of rotatable bonds is 3. The molecule has 1 aliphatic rings. The monoisotopic (exact) mass is 579 g/mol. The van der Waals surface area contributed by atoms with Crippen LogP contribution in [0.5, 0.6) is 0 Å². The second kappa shape index (κ2) is 13.6. The van der Waals surface area contributed by atoms with Gasteiger partial charge in [0.05, 0.1) is 34.9 Å². The molecule has 0 fully saturated rings. The Morgan fingerprint density at radius 3 is 1.89 bits per heavy atom. The SMILES string of the molecule is C=C1/C(C#N)=C\C=C/C(C)c2c(-c3ccc(-c4ccccc4)c4ccccc34)ccc(C#N)c2C1c1ccccc1C#N.CC. The maximum absolute atomic E-state index is 10.5. The molecule has 3 nitrogen and oxygen atoms in total. The fraction of sp³-hybridized carbons (Fsp3) is 0.119. The van der Waals surface area contributed by atoms with Crippen LogP contribution in [0.25, 0.3) is 33.0 Å². The third-order valence-corrected chi connectivity index (χ3v) is 8.32. The molecular weight excluding hydrogens is 546 g/mol. The average molecular weight is 580 g/mol. The van der Waals surface area contributed by atoms with Crippen molar-refractivity contribution in [2.75, 3.05) is 0 Å². The van der Waals surface area contributed by atoms with Crippen molar-refractivity contribution in [1.82, 2.24) is 0 Å². The lowest BCUT2D eigenvalue weighted by Crippen LogP contribution is -2.14. The summed E-state index contributed by atoms with van der Waals surface area (Å²) < 4.78 is 0. The minimum absolute atomic E-state index is 0.107. The minimum atomic E-state index is -0.566. The third kappa shape index (κ3) is 5.59. The van der Waals surface area contributed by atoms with E-state index in [2.05, 4.69) is 86.3 Å². The lowest BCUT2D eigenvalue weighted by molar-refractivity contribution is 0.885. The van der Waals surface area contributed by atoms with Gasteiger partial charge in [0, 0.05) is 11.8 Å². The van der Waals surface area contributed by atoms with Gasteiger partial charge in [0.1, 0.15) is 0 Å². The first kappa shape index (κ1) is 30.5. The van der Waals surface area contributed by atoms with Crippen LogP contribution in [0.4, 0.5) is 0 Å².